The van der Waals surface area contributed by atoms with Crippen molar-refractivity contribution in [1.29, 1.82) is 0 Å². The SMILES string of the molecule is CN(C)C(=O)CSc1nnc(CN)n1C. The van der Waals surface area contributed by atoms with Gasteiger partial charge in [0, 0.05) is 21.1 Å². The van der Waals surface area contributed by atoms with Crippen LogP contribution in [0.25, 0.3) is 0 Å². The molecule has 0 bridgehead atoms. The summed E-state index contributed by atoms with van der Waals surface area (Å²) in [6.45, 7) is 0.353. The first-order valence-electron chi connectivity index (χ1n) is 4.47. The number of carbonyl (C=O) groups is 1. The molecule has 0 radical (unpaired) electrons. The van der Waals surface area contributed by atoms with Crippen LogP contribution >= 0.6 is 11.8 Å². The Morgan fingerprint density at radius 3 is 2.67 bits per heavy atom. The van der Waals surface area contributed by atoms with E-state index in [9.17, 15) is 4.79 Å². The molecule has 15 heavy (non-hydrogen) atoms. The second kappa shape index (κ2) is 5.13. The Morgan fingerprint density at radius 1 is 1.53 bits per heavy atom. The number of rotatable bonds is 4. The normalized spacial score (nSPS) is 10.4. The van der Waals surface area contributed by atoms with Gasteiger partial charge in [0.1, 0.15) is 5.82 Å². The molecule has 0 fully saturated rings. The molecule has 1 aromatic rings. The predicted molar refractivity (Wildman–Crippen MR) is 58.3 cm³/mol. The minimum absolute atomic E-state index is 0.0531. The van der Waals surface area contributed by atoms with Gasteiger partial charge in [-0.2, -0.15) is 0 Å². The standard InChI is InChI=1S/C8H15N5OS/c1-12(2)7(14)5-15-8-11-10-6(4-9)13(8)3/h4-5,9H2,1-3H3. The lowest BCUT2D eigenvalue weighted by Crippen LogP contribution is -2.23. The van der Waals surface area contributed by atoms with E-state index >= 15 is 0 Å². The van der Waals surface area contributed by atoms with Crippen molar-refractivity contribution in [2.75, 3.05) is 19.8 Å². The molecular weight excluding hydrogens is 214 g/mol. The zero-order valence-corrected chi connectivity index (χ0v) is 9.91. The Morgan fingerprint density at radius 2 is 2.20 bits per heavy atom. The molecule has 7 heteroatoms. The lowest BCUT2D eigenvalue weighted by molar-refractivity contribution is -0.125. The lowest BCUT2D eigenvalue weighted by Gasteiger charge is -2.08. The summed E-state index contributed by atoms with van der Waals surface area (Å²) >= 11 is 1.36. The van der Waals surface area contributed by atoms with Gasteiger partial charge >= 0.3 is 0 Å². The molecule has 0 aliphatic heterocycles. The molecule has 6 nitrogen and oxygen atoms in total. The largest absolute Gasteiger partial charge is 0.348 e. The van der Waals surface area contributed by atoms with Crippen molar-refractivity contribution in [2.24, 2.45) is 12.8 Å². The Labute approximate surface area is 92.8 Å². The van der Waals surface area contributed by atoms with Crippen molar-refractivity contribution in [3.8, 4) is 0 Å². The van der Waals surface area contributed by atoms with E-state index in [1.54, 1.807) is 23.6 Å². The summed E-state index contributed by atoms with van der Waals surface area (Å²) in [6.07, 6.45) is 0. The van der Waals surface area contributed by atoms with Gasteiger partial charge < -0.3 is 15.2 Å². The third-order valence-electron chi connectivity index (χ3n) is 1.93. The van der Waals surface area contributed by atoms with Crippen LogP contribution in [0, 0.1) is 0 Å². The second-order valence-electron chi connectivity index (χ2n) is 3.24. The number of carbonyl (C=O) groups excluding carboxylic acids is 1. The molecule has 0 unspecified atom stereocenters. The fourth-order valence-electron chi connectivity index (χ4n) is 0.904. The van der Waals surface area contributed by atoms with Crippen LogP contribution in [-0.4, -0.2) is 45.4 Å². The molecule has 1 rings (SSSR count). The number of hydrogen-bond donors (Lipinski definition) is 1. The monoisotopic (exact) mass is 229 g/mol. The van der Waals surface area contributed by atoms with Crippen LogP contribution in [0.5, 0.6) is 0 Å². The van der Waals surface area contributed by atoms with E-state index in [1.807, 2.05) is 7.05 Å². The van der Waals surface area contributed by atoms with Gasteiger partial charge in [-0.15, -0.1) is 10.2 Å². The van der Waals surface area contributed by atoms with E-state index in [2.05, 4.69) is 10.2 Å². The first-order valence-corrected chi connectivity index (χ1v) is 5.46. The van der Waals surface area contributed by atoms with Crippen molar-refractivity contribution in [2.45, 2.75) is 11.7 Å². The molecule has 84 valence electrons. The van der Waals surface area contributed by atoms with Crippen LogP contribution in [0.3, 0.4) is 0 Å². The number of amides is 1. The van der Waals surface area contributed by atoms with Gasteiger partial charge in [0.05, 0.1) is 12.3 Å². The van der Waals surface area contributed by atoms with E-state index in [-0.39, 0.29) is 5.91 Å². The molecule has 1 aromatic heterocycles. The molecule has 0 saturated heterocycles. The van der Waals surface area contributed by atoms with E-state index in [0.29, 0.717) is 17.5 Å². The molecule has 0 aliphatic rings. The Kier molecular flexibility index (Phi) is 4.10. The Balaban J connectivity index is 2.58. The highest BCUT2D eigenvalue weighted by atomic mass is 32.2. The van der Waals surface area contributed by atoms with Gasteiger partial charge in [0.2, 0.25) is 5.91 Å². The Hall–Kier alpha value is -1.08. The lowest BCUT2D eigenvalue weighted by atomic mass is 10.6. The van der Waals surface area contributed by atoms with Crippen molar-refractivity contribution < 1.29 is 4.79 Å². The van der Waals surface area contributed by atoms with Gasteiger partial charge in [0.15, 0.2) is 5.16 Å². The number of aromatic nitrogens is 3. The number of nitrogens with zero attached hydrogens (tertiary/aromatic N) is 4. The molecule has 0 spiro atoms. The number of thioether (sulfide) groups is 1. The van der Waals surface area contributed by atoms with E-state index in [1.165, 1.54) is 11.8 Å². The van der Waals surface area contributed by atoms with Crippen molar-refractivity contribution >= 4 is 17.7 Å². The van der Waals surface area contributed by atoms with Crippen molar-refractivity contribution in [1.82, 2.24) is 19.7 Å². The summed E-state index contributed by atoms with van der Waals surface area (Å²) in [6, 6.07) is 0. The van der Waals surface area contributed by atoms with Gasteiger partial charge in [0.25, 0.3) is 0 Å². The molecular formula is C8H15N5OS. The van der Waals surface area contributed by atoms with Crippen LogP contribution in [-0.2, 0) is 18.4 Å². The zero-order valence-electron chi connectivity index (χ0n) is 9.10. The molecule has 0 saturated carbocycles. The quantitative estimate of drug-likeness (QED) is 0.701. The summed E-state index contributed by atoms with van der Waals surface area (Å²) in [7, 11) is 5.29. The van der Waals surface area contributed by atoms with Crippen LogP contribution in [0.2, 0.25) is 0 Å². The van der Waals surface area contributed by atoms with Crippen LogP contribution in [0.4, 0.5) is 0 Å². The topological polar surface area (TPSA) is 77.0 Å². The maximum absolute atomic E-state index is 11.3. The van der Waals surface area contributed by atoms with Crippen molar-refractivity contribution in [3.63, 3.8) is 0 Å². The minimum atomic E-state index is 0.0531. The van der Waals surface area contributed by atoms with Gasteiger partial charge in [-0.1, -0.05) is 11.8 Å². The third-order valence-corrected chi connectivity index (χ3v) is 2.94. The van der Waals surface area contributed by atoms with Gasteiger partial charge in [-0.25, -0.2) is 0 Å². The molecule has 0 aromatic carbocycles. The fourth-order valence-corrected chi connectivity index (χ4v) is 1.81. The highest BCUT2D eigenvalue weighted by Crippen LogP contribution is 2.15. The van der Waals surface area contributed by atoms with Gasteiger partial charge in [-0.05, 0) is 0 Å². The fraction of sp³-hybridized carbons (Fsp3) is 0.625. The summed E-state index contributed by atoms with van der Waals surface area (Å²) in [5.74, 6) is 1.14. The zero-order chi connectivity index (χ0) is 11.4. The van der Waals surface area contributed by atoms with Crippen molar-refractivity contribution in [3.05, 3.63) is 5.82 Å². The highest BCUT2D eigenvalue weighted by Gasteiger charge is 2.10. The summed E-state index contributed by atoms with van der Waals surface area (Å²) in [5.41, 5.74) is 5.46. The average Bonchev–Trinajstić information content (AvgIpc) is 2.55. The molecule has 0 atom stereocenters. The van der Waals surface area contributed by atoms with Crippen LogP contribution < -0.4 is 5.73 Å². The Bertz CT molecular complexity index is 349. The third kappa shape index (κ3) is 2.93. The molecule has 0 aliphatic carbocycles. The maximum Gasteiger partial charge on any atom is 0.232 e. The predicted octanol–water partition coefficient (Wildman–Crippen LogP) is -0.546. The number of hydrogen-bond acceptors (Lipinski definition) is 5. The first-order chi connectivity index (χ1) is 7.06. The van der Waals surface area contributed by atoms with Crippen LogP contribution in [0.15, 0.2) is 5.16 Å². The van der Waals surface area contributed by atoms with Gasteiger partial charge in [-0.3, -0.25) is 4.79 Å². The summed E-state index contributed by atoms with van der Waals surface area (Å²) in [5, 5.41) is 8.56. The molecule has 1 heterocycles. The van der Waals surface area contributed by atoms with E-state index in [4.69, 9.17) is 5.73 Å². The average molecular weight is 229 g/mol. The highest BCUT2D eigenvalue weighted by molar-refractivity contribution is 7.99. The second-order valence-corrected chi connectivity index (χ2v) is 4.18. The number of nitrogens with two attached hydrogens (primary N) is 1. The smallest absolute Gasteiger partial charge is 0.232 e. The summed E-state index contributed by atoms with van der Waals surface area (Å²) < 4.78 is 1.80. The molecule has 1 amide bonds. The van der Waals surface area contributed by atoms with Crippen LogP contribution in [0.1, 0.15) is 5.82 Å². The van der Waals surface area contributed by atoms with E-state index in [0.717, 1.165) is 5.82 Å². The first kappa shape index (κ1) is 12.0. The maximum atomic E-state index is 11.3. The molecule has 2 N–H and O–H groups in total. The summed E-state index contributed by atoms with van der Waals surface area (Å²) in [4.78, 5) is 12.9. The minimum Gasteiger partial charge on any atom is -0.348 e. The van der Waals surface area contributed by atoms with E-state index < -0.39 is 0 Å².